The number of phenolic OH excluding ortho intramolecular Hbond substituents is 1. The van der Waals surface area contributed by atoms with Gasteiger partial charge in [0.2, 0.25) is 0 Å². The third-order valence-corrected chi connectivity index (χ3v) is 2.20. The highest BCUT2D eigenvalue weighted by Gasteiger charge is 2.39. The predicted molar refractivity (Wildman–Crippen MR) is 56.0 cm³/mol. The van der Waals surface area contributed by atoms with E-state index in [4.69, 9.17) is 10.8 Å². The SMILES string of the molecule is Cl.N[C@@H](c1cc(Br)cc(F)c1O)C(F)(F)F. The van der Waals surface area contributed by atoms with Crippen LogP contribution in [0.3, 0.4) is 0 Å². The highest BCUT2D eigenvalue weighted by Crippen LogP contribution is 2.37. The van der Waals surface area contributed by atoms with Gasteiger partial charge < -0.3 is 10.8 Å². The third-order valence-electron chi connectivity index (χ3n) is 1.75. The largest absolute Gasteiger partial charge is 0.505 e. The average molecular weight is 324 g/mol. The molecule has 0 spiro atoms. The van der Waals surface area contributed by atoms with Crippen LogP contribution in [0, 0.1) is 5.82 Å². The Morgan fingerprint density at radius 1 is 1.31 bits per heavy atom. The Morgan fingerprint density at radius 3 is 2.25 bits per heavy atom. The van der Waals surface area contributed by atoms with E-state index in [1.54, 1.807) is 0 Å². The lowest BCUT2D eigenvalue weighted by molar-refractivity contribution is -0.149. The fraction of sp³-hybridized carbons (Fsp3) is 0.250. The second kappa shape index (κ2) is 5.20. The van der Waals surface area contributed by atoms with E-state index in [0.29, 0.717) is 0 Å². The number of benzene rings is 1. The van der Waals surface area contributed by atoms with Crippen LogP contribution < -0.4 is 5.73 Å². The molecular weight excluding hydrogens is 317 g/mol. The van der Waals surface area contributed by atoms with Crippen molar-refractivity contribution in [2.75, 3.05) is 0 Å². The van der Waals surface area contributed by atoms with E-state index in [1.807, 2.05) is 0 Å². The Bertz CT molecular complexity index is 385. The summed E-state index contributed by atoms with van der Waals surface area (Å²) < 4.78 is 49.6. The van der Waals surface area contributed by atoms with Crippen molar-refractivity contribution >= 4 is 28.3 Å². The van der Waals surface area contributed by atoms with Gasteiger partial charge in [-0.2, -0.15) is 13.2 Å². The number of rotatable bonds is 1. The molecule has 0 saturated carbocycles. The molecular formula is C8H7BrClF4NO. The van der Waals surface area contributed by atoms with Crippen LogP contribution in [0.2, 0.25) is 0 Å². The van der Waals surface area contributed by atoms with Gasteiger partial charge in [-0.3, -0.25) is 0 Å². The third kappa shape index (κ3) is 3.23. The summed E-state index contributed by atoms with van der Waals surface area (Å²) in [6.07, 6.45) is -4.73. The van der Waals surface area contributed by atoms with Crippen LogP contribution in [-0.2, 0) is 0 Å². The van der Waals surface area contributed by atoms with E-state index < -0.39 is 29.3 Å². The molecule has 0 aliphatic heterocycles. The highest BCUT2D eigenvalue weighted by molar-refractivity contribution is 9.10. The Morgan fingerprint density at radius 2 is 1.81 bits per heavy atom. The Labute approximate surface area is 103 Å². The Balaban J connectivity index is 0.00000225. The standard InChI is InChI=1S/C8H6BrF4NO.ClH/c9-3-1-4(6(15)5(10)2-3)7(14)8(11,12)13;/h1-2,7,15H,14H2;1H/t7-;/m0./s1. The molecule has 1 atom stereocenters. The normalized spacial score (nSPS) is 13.1. The molecule has 92 valence electrons. The van der Waals surface area contributed by atoms with Gasteiger partial charge in [0.05, 0.1) is 0 Å². The predicted octanol–water partition coefficient (Wildman–Crippen LogP) is 3.28. The van der Waals surface area contributed by atoms with E-state index in [0.717, 1.165) is 12.1 Å². The molecule has 0 saturated heterocycles. The summed E-state index contributed by atoms with van der Waals surface area (Å²) in [7, 11) is 0. The molecule has 0 aliphatic rings. The lowest BCUT2D eigenvalue weighted by Crippen LogP contribution is -2.28. The fourth-order valence-corrected chi connectivity index (χ4v) is 1.45. The number of nitrogens with two attached hydrogens (primary N) is 1. The first-order valence-corrected chi connectivity index (χ1v) is 4.53. The Kier molecular flexibility index (Phi) is 5.03. The smallest absolute Gasteiger partial charge is 0.407 e. The van der Waals surface area contributed by atoms with Crippen molar-refractivity contribution in [2.45, 2.75) is 12.2 Å². The van der Waals surface area contributed by atoms with Crippen molar-refractivity contribution in [2.24, 2.45) is 5.73 Å². The van der Waals surface area contributed by atoms with E-state index in [1.165, 1.54) is 0 Å². The summed E-state index contributed by atoms with van der Waals surface area (Å²) in [6.45, 7) is 0. The van der Waals surface area contributed by atoms with Crippen molar-refractivity contribution < 1.29 is 22.7 Å². The van der Waals surface area contributed by atoms with Gasteiger partial charge in [-0.1, -0.05) is 15.9 Å². The first kappa shape index (κ1) is 15.5. The highest BCUT2D eigenvalue weighted by atomic mass is 79.9. The molecule has 0 aromatic heterocycles. The van der Waals surface area contributed by atoms with Crippen LogP contribution in [0.5, 0.6) is 5.75 Å². The van der Waals surface area contributed by atoms with Crippen LogP contribution in [0.15, 0.2) is 16.6 Å². The van der Waals surface area contributed by atoms with Crippen molar-refractivity contribution in [3.8, 4) is 5.75 Å². The molecule has 0 unspecified atom stereocenters. The molecule has 1 rings (SSSR count). The van der Waals surface area contributed by atoms with Crippen LogP contribution in [0.4, 0.5) is 17.6 Å². The fourth-order valence-electron chi connectivity index (χ4n) is 0.999. The number of hydrogen-bond donors (Lipinski definition) is 2. The zero-order chi connectivity index (χ0) is 11.8. The minimum absolute atomic E-state index is 0. The maximum absolute atomic E-state index is 12.9. The summed E-state index contributed by atoms with van der Waals surface area (Å²) in [6, 6.07) is -0.636. The topological polar surface area (TPSA) is 46.2 Å². The van der Waals surface area contributed by atoms with Gasteiger partial charge in [-0.15, -0.1) is 12.4 Å². The minimum atomic E-state index is -4.73. The monoisotopic (exact) mass is 323 g/mol. The summed E-state index contributed by atoms with van der Waals surface area (Å²) >= 11 is 2.81. The molecule has 0 fully saturated rings. The molecule has 16 heavy (non-hydrogen) atoms. The number of halogens is 6. The molecule has 0 bridgehead atoms. The average Bonchev–Trinajstić information content (AvgIpc) is 2.08. The maximum atomic E-state index is 12.9. The number of hydrogen-bond acceptors (Lipinski definition) is 2. The quantitative estimate of drug-likeness (QED) is 0.779. The van der Waals surface area contributed by atoms with E-state index in [2.05, 4.69) is 15.9 Å². The van der Waals surface area contributed by atoms with E-state index in [9.17, 15) is 17.6 Å². The van der Waals surface area contributed by atoms with Gasteiger partial charge >= 0.3 is 6.18 Å². The second-order valence-corrected chi connectivity index (χ2v) is 3.76. The maximum Gasteiger partial charge on any atom is 0.407 e. The van der Waals surface area contributed by atoms with Crippen LogP contribution in [-0.4, -0.2) is 11.3 Å². The van der Waals surface area contributed by atoms with Gasteiger partial charge in [0, 0.05) is 10.0 Å². The molecule has 8 heteroatoms. The van der Waals surface area contributed by atoms with Crippen molar-refractivity contribution in [3.63, 3.8) is 0 Å². The summed E-state index contributed by atoms with van der Waals surface area (Å²) in [5.74, 6) is -2.23. The molecule has 2 nitrogen and oxygen atoms in total. The van der Waals surface area contributed by atoms with Gasteiger partial charge in [0.25, 0.3) is 0 Å². The van der Waals surface area contributed by atoms with E-state index in [-0.39, 0.29) is 16.9 Å². The van der Waals surface area contributed by atoms with Crippen LogP contribution in [0.1, 0.15) is 11.6 Å². The lowest BCUT2D eigenvalue weighted by atomic mass is 10.1. The zero-order valence-corrected chi connectivity index (χ0v) is 9.96. The molecule has 0 heterocycles. The Hall–Kier alpha value is -0.530. The van der Waals surface area contributed by atoms with E-state index >= 15 is 0 Å². The second-order valence-electron chi connectivity index (χ2n) is 2.84. The number of alkyl halides is 3. The minimum Gasteiger partial charge on any atom is -0.505 e. The van der Waals surface area contributed by atoms with Crippen molar-refractivity contribution in [1.29, 1.82) is 0 Å². The lowest BCUT2D eigenvalue weighted by Gasteiger charge is -2.17. The van der Waals surface area contributed by atoms with Gasteiger partial charge in [0.15, 0.2) is 11.6 Å². The van der Waals surface area contributed by atoms with Gasteiger partial charge in [-0.25, -0.2) is 4.39 Å². The molecule has 3 N–H and O–H groups in total. The molecule has 0 amide bonds. The summed E-state index contributed by atoms with van der Waals surface area (Å²) in [4.78, 5) is 0. The summed E-state index contributed by atoms with van der Waals surface area (Å²) in [5, 5.41) is 9.08. The first-order chi connectivity index (χ1) is 6.73. The molecule has 0 radical (unpaired) electrons. The van der Waals surface area contributed by atoms with Crippen molar-refractivity contribution in [1.82, 2.24) is 0 Å². The van der Waals surface area contributed by atoms with Crippen LogP contribution >= 0.6 is 28.3 Å². The molecule has 1 aromatic carbocycles. The van der Waals surface area contributed by atoms with Gasteiger partial charge in [-0.05, 0) is 12.1 Å². The number of aromatic hydroxyl groups is 1. The van der Waals surface area contributed by atoms with Crippen molar-refractivity contribution in [3.05, 3.63) is 28.0 Å². The molecule has 0 aliphatic carbocycles. The summed E-state index contributed by atoms with van der Waals surface area (Å²) in [5.41, 5.74) is 4.14. The van der Waals surface area contributed by atoms with Gasteiger partial charge in [0.1, 0.15) is 6.04 Å². The number of phenols is 1. The zero-order valence-electron chi connectivity index (χ0n) is 7.55. The first-order valence-electron chi connectivity index (χ1n) is 3.73. The molecule has 1 aromatic rings. The van der Waals surface area contributed by atoms with Crippen LogP contribution in [0.25, 0.3) is 0 Å².